The number of aryl methyl sites for hydroxylation is 1. The van der Waals surface area contributed by atoms with Gasteiger partial charge >= 0.3 is 0 Å². The lowest BCUT2D eigenvalue weighted by molar-refractivity contribution is -0.110. The number of ether oxygens (including phenoxy) is 1. The Morgan fingerprint density at radius 2 is 2.17 bits per heavy atom. The standard InChI is InChI=1S/C18H16N2O3/c21-8-2-3-11-5-6-13-12(9-11)10-23-16(13)15-14-4-1-7-19-17(14)20-18(15)22/h1,4-7,9,21H,2-3,8,10H2,(H,19,20,22). The van der Waals surface area contributed by atoms with Crippen LogP contribution < -0.4 is 5.32 Å². The molecule has 2 aliphatic heterocycles. The summed E-state index contributed by atoms with van der Waals surface area (Å²) in [6, 6.07) is 9.81. The van der Waals surface area contributed by atoms with Crippen molar-refractivity contribution in [1.82, 2.24) is 4.98 Å². The molecule has 0 radical (unpaired) electrons. The normalized spacial score (nSPS) is 18.4. The first-order valence-electron chi connectivity index (χ1n) is 7.65. The van der Waals surface area contributed by atoms with Gasteiger partial charge in [-0.2, -0.15) is 0 Å². The molecule has 0 bridgehead atoms. The van der Waals surface area contributed by atoms with Gasteiger partial charge in [-0.25, -0.2) is 4.98 Å². The fraction of sp³-hybridized carbons (Fsp3) is 0.222. The number of aliphatic hydroxyl groups is 1. The van der Waals surface area contributed by atoms with Crippen LogP contribution >= 0.6 is 0 Å². The minimum absolute atomic E-state index is 0.175. The number of anilines is 1. The summed E-state index contributed by atoms with van der Waals surface area (Å²) in [5, 5.41) is 11.7. The number of nitrogens with zero attached hydrogens (tertiary/aromatic N) is 1. The molecule has 0 saturated carbocycles. The number of pyridine rings is 1. The van der Waals surface area contributed by atoms with Crippen LogP contribution in [0.3, 0.4) is 0 Å². The van der Waals surface area contributed by atoms with Crippen LogP contribution in [0, 0.1) is 0 Å². The van der Waals surface area contributed by atoms with E-state index in [-0.39, 0.29) is 12.5 Å². The zero-order valence-corrected chi connectivity index (χ0v) is 12.5. The highest BCUT2D eigenvalue weighted by Crippen LogP contribution is 2.40. The van der Waals surface area contributed by atoms with Crippen molar-refractivity contribution in [2.24, 2.45) is 0 Å². The van der Waals surface area contributed by atoms with Gasteiger partial charge in [0, 0.05) is 29.5 Å². The summed E-state index contributed by atoms with van der Waals surface area (Å²) in [5.41, 5.74) is 4.54. The third kappa shape index (κ3) is 2.29. The number of hydrogen-bond acceptors (Lipinski definition) is 4. The monoisotopic (exact) mass is 308 g/mol. The lowest BCUT2D eigenvalue weighted by Gasteiger charge is -2.05. The number of fused-ring (bicyclic) bond motifs is 2. The summed E-state index contributed by atoms with van der Waals surface area (Å²) in [5.74, 6) is 1.03. The highest BCUT2D eigenvalue weighted by atomic mass is 16.5. The van der Waals surface area contributed by atoms with E-state index in [2.05, 4.69) is 16.4 Å². The third-order valence-corrected chi connectivity index (χ3v) is 4.17. The van der Waals surface area contributed by atoms with Gasteiger partial charge in [0.2, 0.25) is 0 Å². The van der Waals surface area contributed by atoms with E-state index in [9.17, 15) is 4.79 Å². The van der Waals surface area contributed by atoms with Crippen molar-refractivity contribution < 1.29 is 14.6 Å². The predicted molar refractivity (Wildman–Crippen MR) is 86.3 cm³/mol. The molecule has 1 amide bonds. The molecule has 1 aromatic heterocycles. The lowest BCUT2D eigenvalue weighted by Crippen LogP contribution is -2.06. The van der Waals surface area contributed by atoms with Crippen molar-refractivity contribution in [3.05, 3.63) is 58.8 Å². The first-order chi connectivity index (χ1) is 11.3. The van der Waals surface area contributed by atoms with Crippen LogP contribution in [-0.4, -0.2) is 22.6 Å². The Kier molecular flexibility index (Phi) is 3.35. The van der Waals surface area contributed by atoms with Gasteiger partial charge in [-0.1, -0.05) is 18.2 Å². The van der Waals surface area contributed by atoms with Crippen molar-refractivity contribution in [2.75, 3.05) is 11.9 Å². The second kappa shape index (κ2) is 5.52. The second-order valence-electron chi connectivity index (χ2n) is 5.67. The van der Waals surface area contributed by atoms with Crippen LogP contribution in [0.1, 0.15) is 28.7 Å². The fourth-order valence-electron chi connectivity index (χ4n) is 3.09. The number of benzene rings is 1. The minimum atomic E-state index is -0.175. The molecule has 2 aliphatic rings. The summed E-state index contributed by atoms with van der Waals surface area (Å²) in [6.45, 7) is 0.650. The van der Waals surface area contributed by atoms with Crippen molar-refractivity contribution >= 4 is 23.1 Å². The Labute approximate surface area is 133 Å². The maximum absolute atomic E-state index is 12.3. The molecule has 5 heteroatoms. The number of aliphatic hydroxyl groups excluding tert-OH is 1. The Hall–Kier alpha value is -2.66. The minimum Gasteiger partial charge on any atom is -0.487 e. The quantitative estimate of drug-likeness (QED) is 0.854. The maximum atomic E-state index is 12.3. The zero-order valence-electron chi connectivity index (χ0n) is 12.5. The van der Waals surface area contributed by atoms with E-state index in [4.69, 9.17) is 9.84 Å². The Bertz CT molecular complexity index is 827. The first-order valence-corrected chi connectivity index (χ1v) is 7.65. The number of aromatic nitrogens is 1. The molecule has 23 heavy (non-hydrogen) atoms. The smallest absolute Gasteiger partial charge is 0.261 e. The van der Waals surface area contributed by atoms with Crippen LogP contribution in [0.4, 0.5) is 5.82 Å². The number of nitrogens with one attached hydrogen (secondary N) is 1. The van der Waals surface area contributed by atoms with Gasteiger partial charge in [-0.15, -0.1) is 0 Å². The molecule has 4 rings (SSSR count). The molecule has 116 valence electrons. The topological polar surface area (TPSA) is 71.5 Å². The first kappa shape index (κ1) is 14.0. The molecule has 0 atom stereocenters. The fourth-order valence-corrected chi connectivity index (χ4v) is 3.09. The van der Waals surface area contributed by atoms with Crippen LogP contribution in [-0.2, 0) is 22.6 Å². The Morgan fingerprint density at radius 3 is 3.04 bits per heavy atom. The van der Waals surface area contributed by atoms with Gasteiger partial charge in [0.25, 0.3) is 5.91 Å². The van der Waals surface area contributed by atoms with Crippen LogP contribution in [0.15, 0.2) is 36.5 Å². The average molecular weight is 308 g/mol. The SMILES string of the molecule is O=C1Nc2ncccc2C1=C1OCc2cc(CCCO)ccc21. The van der Waals surface area contributed by atoms with E-state index in [1.807, 2.05) is 24.3 Å². The Balaban J connectivity index is 1.78. The summed E-state index contributed by atoms with van der Waals surface area (Å²) in [7, 11) is 0. The van der Waals surface area contributed by atoms with Gasteiger partial charge in [0.1, 0.15) is 18.2 Å². The molecule has 0 aliphatic carbocycles. The number of hydrogen-bond donors (Lipinski definition) is 2. The third-order valence-electron chi connectivity index (χ3n) is 4.17. The van der Waals surface area contributed by atoms with Crippen molar-refractivity contribution in [1.29, 1.82) is 0 Å². The number of rotatable bonds is 3. The summed E-state index contributed by atoms with van der Waals surface area (Å²) in [4.78, 5) is 16.5. The van der Waals surface area contributed by atoms with Gasteiger partial charge < -0.3 is 15.2 Å². The lowest BCUT2D eigenvalue weighted by atomic mass is 9.98. The molecule has 2 N–H and O–H groups in total. The van der Waals surface area contributed by atoms with Gasteiger partial charge in [-0.3, -0.25) is 4.79 Å². The molecule has 3 heterocycles. The van der Waals surface area contributed by atoms with Crippen molar-refractivity contribution in [2.45, 2.75) is 19.4 Å². The molecule has 0 spiro atoms. The average Bonchev–Trinajstić information content (AvgIpc) is 3.12. The summed E-state index contributed by atoms with van der Waals surface area (Å²) in [6.07, 6.45) is 3.24. The molecule has 1 aromatic carbocycles. The van der Waals surface area contributed by atoms with E-state index in [0.29, 0.717) is 23.8 Å². The summed E-state index contributed by atoms with van der Waals surface area (Å²) < 4.78 is 5.84. The molecule has 0 unspecified atom stereocenters. The van der Waals surface area contributed by atoms with Crippen LogP contribution in [0.25, 0.3) is 11.3 Å². The Morgan fingerprint density at radius 1 is 1.26 bits per heavy atom. The van der Waals surface area contributed by atoms with Crippen LogP contribution in [0.5, 0.6) is 0 Å². The highest BCUT2D eigenvalue weighted by Gasteiger charge is 2.32. The van der Waals surface area contributed by atoms with E-state index >= 15 is 0 Å². The van der Waals surface area contributed by atoms with Crippen molar-refractivity contribution in [3.63, 3.8) is 0 Å². The molecule has 0 saturated heterocycles. The van der Waals surface area contributed by atoms with Gasteiger partial charge in [0.15, 0.2) is 0 Å². The number of amides is 1. The zero-order chi connectivity index (χ0) is 15.8. The van der Waals surface area contributed by atoms with Gasteiger partial charge in [0.05, 0.1) is 5.57 Å². The maximum Gasteiger partial charge on any atom is 0.261 e. The second-order valence-corrected chi connectivity index (χ2v) is 5.67. The molecular weight excluding hydrogens is 292 g/mol. The molecular formula is C18H16N2O3. The van der Waals surface area contributed by atoms with Gasteiger partial charge in [-0.05, 0) is 30.5 Å². The van der Waals surface area contributed by atoms with E-state index in [1.54, 1.807) is 6.20 Å². The molecule has 5 nitrogen and oxygen atoms in total. The summed E-state index contributed by atoms with van der Waals surface area (Å²) >= 11 is 0. The van der Waals surface area contributed by atoms with E-state index in [0.717, 1.165) is 29.5 Å². The highest BCUT2D eigenvalue weighted by molar-refractivity contribution is 6.35. The largest absolute Gasteiger partial charge is 0.487 e. The van der Waals surface area contributed by atoms with Crippen LogP contribution in [0.2, 0.25) is 0 Å². The van der Waals surface area contributed by atoms with Crippen molar-refractivity contribution in [3.8, 4) is 0 Å². The number of carbonyl (C=O) groups is 1. The molecule has 0 fully saturated rings. The predicted octanol–water partition coefficient (Wildman–Crippen LogP) is 2.36. The van der Waals surface area contributed by atoms with E-state index in [1.165, 1.54) is 5.56 Å². The van der Waals surface area contributed by atoms with E-state index < -0.39 is 0 Å². The molecule has 2 aromatic rings. The number of carbonyl (C=O) groups excluding carboxylic acids is 1.